The molecule has 0 saturated carbocycles. The molecule has 3 aromatic rings. The normalized spacial score (nSPS) is 14.6. The Hall–Kier alpha value is -3.06. The Kier molecular flexibility index (Phi) is 5.90. The third-order valence-corrected chi connectivity index (χ3v) is 5.43. The number of para-hydroxylation sites is 1. The summed E-state index contributed by atoms with van der Waals surface area (Å²) >= 11 is 0. The molecule has 1 atom stereocenters. The zero-order chi connectivity index (χ0) is 21.1. The lowest BCUT2D eigenvalue weighted by atomic mass is 10.1. The number of hydrogen-bond donors (Lipinski definition) is 2. The molecule has 2 N–H and O–H groups in total. The van der Waals surface area contributed by atoms with Gasteiger partial charge in [0.25, 0.3) is 5.91 Å². The summed E-state index contributed by atoms with van der Waals surface area (Å²) in [5.74, 6) is -2.40. The molecule has 1 amide bonds. The van der Waals surface area contributed by atoms with Gasteiger partial charge in [-0.1, -0.05) is 30.7 Å². The third-order valence-electron chi connectivity index (χ3n) is 5.43. The summed E-state index contributed by atoms with van der Waals surface area (Å²) < 4.78 is 28.3. The van der Waals surface area contributed by atoms with Crippen LogP contribution in [0.5, 0.6) is 0 Å². The summed E-state index contributed by atoms with van der Waals surface area (Å²) in [5.41, 5.74) is 3.44. The SMILES string of the molecule is O=C(NCC(O)c1ccc(F)c(F)c1)c1nn(-c2ccccc2)c2c1CCCCC2. The average Bonchev–Trinajstić information content (AvgIpc) is 2.95. The van der Waals surface area contributed by atoms with E-state index in [1.807, 2.05) is 35.0 Å². The van der Waals surface area contributed by atoms with Gasteiger partial charge in [0.05, 0.1) is 11.8 Å². The number of benzene rings is 2. The van der Waals surface area contributed by atoms with E-state index in [1.54, 1.807) is 0 Å². The lowest BCUT2D eigenvalue weighted by Gasteiger charge is -2.12. The molecule has 4 rings (SSSR count). The number of halogens is 2. The maximum atomic E-state index is 13.4. The number of carbonyl (C=O) groups is 1. The lowest BCUT2D eigenvalue weighted by molar-refractivity contribution is 0.0910. The van der Waals surface area contributed by atoms with Crippen molar-refractivity contribution in [3.05, 3.63) is 82.7 Å². The first kappa shape index (κ1) is 20.2. The molecule has 1 aliphatic rings. The number of carbonyl (C=O) groups excluding carboxylic acids is 1. The summed E-state index contributed by atoms with van der Waals surface area (Å²) in [5, 5.41) is 17.5. The van der Waals surface area contributed by atoms with Crippen molar-refractivity contribution >= 4 is 5.91 Å². The molecule has 1 aliphatic carbocycles. The topological polar surface area (TPSA) is 67.2 Å². The number of amides is 1. The maximum absolute atomic E-state index is 13.4. The van der Waals surface area contributed by atoms with Gasteiger partial charge in [0.15, 0.2) is 17.3 Å². The molecule has 0 bridgehead atoms. The van der Waals surface area contributed by atoms with Crippen LogP contribution in [0, 0.1) is 11.6 Å². The summed E-state index contributed by atoms with van der Waals surface area (Å²) in [6.07, 6.45) is 3.60. The number of nitrogens with zero attached hydrogens (tertiary/aromatic N) is 2. The minimum absolute atomic E-state index is 0.128. The van der Waals surface area contributed by atoms with Gasteiger partial charge in [-0.05, 0) is 55.5 Å². The Bertz CT molecular complexity index is 1050. The van der Waals surface area contributed by atoms with Gasteiger partial charge < -0.3 is 10.4 Å². The number of fused-ring (bicyclic) bond motifs is 1. The molecule has 1 unspecified atom stereocenters. The molecule has 1 aromatic heterocycles. The average molecular weight is 411 g/mol. The lowest BCUT2D eigenvalue weighted by Crippen LogP contribution is -2.29. The molecular weight excluding hydrogens is 388 g/mol. The molecule has 0 aliphatic heterocycles. The first-order chi connectivity index (χ1) is 14.5. The van der Waals surface area contributed by atoms with Gasteiger partial charge in [-0.3, -0.25) is 4.79 Å². The molecule has 156 valence electrons. The van der Waals surface area contributed by atoms with E-state index in [-0.39, 0.29) is 18.0 Å². The number of aliphatic hydroxyl groups excluding tert-OH is 1. The molecule has 30 heavy (non-hydrogen) atoms. The summed E-state index contributed by atoms with van der Waals surface area (Å²) in [4.78, 5) is 12.9. The standard InChI is InChI=1S/C23H23F2N3O2/c24-18-12-11-15(13-19(18)25)21(29)14-26-23(30)22-17-9-5-2-6-10-20(17)28(27-22)16-7-3-1-4-8-16/h1,3-4,7-8,11-13,21,29H,2,5-6,9-10,14H2,(H,26,30). The van der Waals surface area contributed by atoms with Gasteiger partial charge in [0.2, 0.25) is 0 Å². The highest BCUT2D eigenvalue weighted by atomic mass is 19.2. The highest BCUT2D eigenvalue weighted by Crippen LogP contribution is 2.26. The number of rotatable bonds is 5. The molecule has 5 nitrogen and oxygen atoms in total. The predicted molar refractivity (Wildman–Crippen MR) is 108 cm³/mol. The molecule has 0 spiro atoms. The monoisotopic (exact) mass is 411 g/mol. The quantitative estimate of drug-likeness (QED) is 0.626. The van der Waals surface area contributed by atoms with Crippen molar-refractivity contribution in [1.29, 1.82) is 0 Å². The fourth-order valence-electron chi connectivity index (χ4n) is 3.85. The van der Waals surface area contributed by atoms with Crippen molar-refractivity contribution in [2.24, 2.45) is 0 Å². The molecule has 0 fully saturated rings. The van der Waals surface area contributed by atoms with Crippen molar-refractivity contribution in [1.82, 2.24) is 15.1 Å². The van der Waals surface area contributed by atoms with Crippen LogP contribution in [0.15, 0.2) is 48.5 Å². The van der Waals surface area contributed by atoms with Gasteiger partial charge in [-0.15, -0.1) is 0 Å². The number of nitrogens with one attached hydrogen (secondary N) is 1. The van der Waals surface area contributed by atoms with E-state index in [0.29, 0.717) is 5.69 Å². The second-order valence-electron chi connectivity index (χ2n) is 7.48. The van der Waals surface area contributed by atoms with Crippen molar-refractivity contribution in [3.8, 4) is 5.69 Å². The fourth-order valence-corrected chi connectivity index (χ4v) is 3.85. The van der Waals surface area contributed by atoms with Crippen LogP contribution < -0.4 is 5.32 Å². The number of hydrogen-bond acceptors (Lipinski definition) is 3. The first-order valence-corrected chi connectivity index (χ1v) is 10.1. The van der Waals surface area contributed by atoms with Crippen molar-refractivity contribution in [2.45, 2.75) is 38.2 Å². The van der Waals surface area contributed by atoms with Gasteiger partial charge in [0, 0.05) is 17.8 Å². The largest absolute Gasteiger partial charge is 0.387 e. The zero-order valence-corrected chi connectivity index (χ0v) is 16.4. The van der Waals surface area contributed by atoms with Crippen molar-refractivity contribution in [2.75, 3.05) is 6.54 Å². The Morgan fingerprint density at radius 1 is 1.07 bits per heavy atom. The molecule has 2 aromatic carbocycles. The molecule has 1 heterocycles. The predicted octanol–water partition coefficient (Wildman–Crippen LogP) is 3.88. The van der Waals surface area contributed by atoms with Crippen molar-refractivity contribution in [3.63, 3.8) is 0 Å². The summed E-state index contributed by atoms with van der Waals surface area (Å²) in [6, 6.07) is 12.9. The second-order valence-corrected chi connectivity index (χ2v) is 7.48. The van der Waals surface area contributed by atoms with Crippen LogP contribution in [-0.2, 0) is 12.8 Å². The first-order valence-electron chi connectivity index (χ1n) is 10.1. The summed E-state index contributed by atoms with van der Waals surface area (Å²) in [7, 11) is 0. The second kappa shape index (κ2) is 8.75. The van der Waals surface area contributed by atoms with Crippen molar-refractivity contribution < 1.29 is 18.7 Å². The van der Waals surface area contributed by atoms with Gasteiger partial charge in [-0.2, -0.15) is 5.10 Å². The van der Waals surface area contributed by atoms with Crippen LogP contribution in [-0.4, -0.2) is 27.3 Å². The van der Waals surface area contributed by atoms with Crippen LogP contribution >= 0.6 is 0 Å². The maximum Gasteiger partial charge on any atom is 0.272 e. The Labute approximate surface area is 173 Å². The van der Waals surface area contributed by atoms with E-state index >= 15 is 0 Å². The fraction of sp³-hybridized carbons (Fsp3) is 0.304. The smallest absolute Gasteiger partial charge is 0.272 e. The van der Waals surface area contributed by atoms with Gasteiger partial charge >= 0.3 is 0 Å². The zero-order valence-electron chi connectivity index (χ0n) is 16.4. The highest BCUT2D eigenvalue weighted by Gasteiger charge is 2.25. The van der Waals surface area contributed by atoms with E-state index < -0.39 is 17.7 Å². The van der Waals surface area contributed by atoms with E-state index in [4.69, 9.17) is 0 Å². The minimum Gasteiger partial charge on any atom is -0.387 e. The third kappa shape index (κ3) is 4.11. The molecule has 0 radical (unpaired) electrons. The van der Waals surface area contributed by atoms with E-state index in [1.165, 1.54) is 6.07 Å². The van der Waals surface area contributed by atoms with E-state index in [0.717, 1.165) is 61.2 Å². The minimum atomic E-state index is -1.15. The van der Waals surface area contributed by atoms with E-state index in [9.17, 15) is 18.7 Å². The molecule has 7 heteroatoms. The number of aliphatic hydroxyl groups is 1. The molecular formula is C23H23F2N3O2. The van der Waals surface area contributed by atoms with Crippen LogP contribution in [0.1, 0.15) is 52.7 Å². The van der Waals surface area contributed by atoms with E-state index in [2.05, 4.69) is 10.4 Å². The van der Waals surface area contributed by atoms with Gasteiger partial charge in [0.1, 0.15) is 0 Å². The van der Waals surface area contributed by atoms with Crippen LogP contribution in [0.25, 0.3) is 5.69 Å². The molecule has 0 saturated heterocycles. The Morgan fingerprint density at radius 3 is 2.60 bits per heavy atom. The van der Waals surface area contributed by atoms with Gasteiger partial charge in [-0.25, -0.2) is 13.5 Å². The highest BCUT2D eigenvalue weighted by molar-refractivity contribution is 5.94. The number of aromatic nitrogens is 2. The van der Waals surface area contributed by atoms with Crippen LogP contribution in [0.4, 0.5) is 8.78 Å². The van der Waals surface area contributed by atoms with Crippen LogP contribution in [0.2, 0.25) is 0 Å². The van der Waals surface area contributed by atoms with Crippen LogP contribution in [0.3, 0.4) is 0 Å². The summed E-state index contributed by atoms with van der Waals surface area (Å²) in [6.45, 7) is -0.128. The Morgan fingerprint density at radius 2 is 1.83 bits per heavy atom. The Balaban J connectivity index is 1.56.